The van der Waals surface area contributed by atoms with Crippen LogP contribution in [-0.2, 0) is 9.53 Å². The molecule has 5 heteroatoms. The molecule has 0 bridgehead atoms. The summed E-state index contributed by atoms with van der Waals surface area (Å²) in [4.78, 5) is 14.9. The molecule has 1 fully saturated rings. The largest absolute Gasteiger partial charge is 0.378 e. The number of carbonyl (C=O) groups is 1. The van der Waals surface area contributed by atoms with Gasteiger partial charge in [-0.25, -0.2) is 0 Å². The molecule has 0 aromatic rings. The molecule has 1 saturated carbocycles. The number of likely N-dealkylation sites (N-methyl/N-ethyl adjacent to an activating group) is 1. The molecule has 3 unspecified atom stereocenters. The zero-order valence-corrected chi connectivity index (χ0v) is 14.5. The van der Waals surface area contributed by atoms with Crippen LogP contribution < -0.4 is 11.1 Å². The van der Waals surface area contributed by atoms with Crippen LogP contribution in [0.3, 0.4) is 0 Å². The Morgan fingerprint density at radius 3 is 2.38 bits per heavy atom. The van der Waals surface area contributed by atoms with Gasteiger partial charge in [0.2, 0.25) is 5.91 Å². The Bertz CT molecular complexity index is 355. The van der Waals surface area contributed by atoms with E-state index >= 15 is 0 Å². The van der Waals surface area contributed by atoms with Gasteiger partial charge in [-0.15, -0.1) is 0 Å². The van der Waals surface area contributed by atoms with Crippen LogP contribution in [0.25, 0.3) is 0 Å². The van der Waals surface area contributed by atoms with Crippen LogP contribution in [0.15, 0.2) is 0 Å². The van der Waals surface area contributed by atoms with Crippen molar-refractivity contribution in [3.63, 3.8) is 0 Å². The fourth-order valence-corrected chi connectivity index (χ4v) is 3.09. The van der Waals surface area contributed by atoms with E-state index in [1.165, 1.54) is 0 Å². The molecule has 3 atom stereocenters. The first-order chi connectivity index (χ1) is 9.72. The first kappa shape index (κ1) is 18.4. The lowest BCUT2D eigenvalue weighted by Crippen LogP contribution is -2.76. The summed E-state index contributed by atoms with van der Waals surface area (Å²) in [5, 5.41) is 3.08. The third-order valence-corrected chi connectivity index (χ3v) is 5.04. The second-order valence-corrected chi connectivity index (χ2v) is 6.70. The molecule has 1 aliphatic carbocycles. The van der Waals surface area contributed by atoms with Gasteiger partial charge in [-0.2, -0.15) is 0 Å². The molecule has 0 aliphatic heterocycles. The third kappa shape index (κ3) is 3.58. The molecule has 1 amide bonds. The van der Waals surface area contributed by atoms with Crippen LogP contribution in [0.4, 0.5) is 0 Å². The molecule has 0 spiro atoms. The first-order valence-electron chi connectivity index (χ1n) is 8.16. The van der Waals surface area contributed by atoms with Crippen LogP contribution in [-0.4, -0.2) is 54.7 Å². The number of amides is 1. The van der Waals surface area contributed by atoms with Gasteiger partial charge < -0.3 is 20.7 Å². The van der Waals surface area contributed by atoms with Crippen molar-refractivity contribution in [1.82, 2.24) is 10.2 Å². The summed E-state index contributed by atoms with van der Waals surface area (Å²) in [5.74, 6) is -0.0527. The summed E-state index contributed by atoms with van der Waals surface area (Å²) in [6.07, 6.45) is 0.661. The van der Waals surface area contributed by atoms with E-state index in [1.54, 1.807) is 0 Å². The summed E-state index contributed by atoms with van der Waals surface area (Å²) < 4.78 is 5.67. The van der Waals surface area contributed by atoms with Crippen molar-refractivity contribution in [2.75, 3.05) is 26.2 Å². The molecule has 1 rings (SSSR count). The third-order valence-electron chi connectivity index (χ3n) is 5.04. The normalized spacial score (nSPS) is 29.0. The Morgan fingerprint density at radius 1 is 1.38 bits per heavy atom. The molecule has 0 heterocycles. The maximum Gasteiger partial charge on any atom is 0.241 e. The molecule has 0 aromatic heterocycles. The van der Waals surface area contributed by atoms with Crippen LogP contribution in [0.5, 0.6) is 0 Å². The fourth-order valence-electron chi connectivity index (χ4n) is 3.09. The molecule has 0 aromatic carbocycles. The molecular formula is C16H33N3O2. The topological polar surface area (TPSA) is 67.6 Å². The van der Waals surface area contributed by atoms with Gasteiger partial charge in [0.1, 0.15) is 5.54 Å². The van der Waals surface area contributed by atoms with E-state index in [2.05, 4.69) is 24.1 Å². The summed E-state index contributed by atoms with van der Waals surface area (Å²) in [6.45, 7) is 15.8. The minimum Gasteiger partial charge on any atom is -0.378 e. The second kappa shape index (κ2) is 7.07. The molecule has 5 nitrogen and oxygen atoms in total. The molecule has 1 aliphatic rings. The average Bonchev–Trinajstić information content (AvgIpc) is 2.44. The monoisotopic (exact) mass is 299 g/mol. The lowest BCUT2D eigenvalue weighted by molar-refractivity contribution is -0.171. The van der Waals surface area contributed by atoms with Gasteiger partial charge in [-0.3, -0.25) is 4.79 Å². The second-order valence-electron chi connectivity index (χ2n) is 6.70. The van der Waals surface area contributed by atoms with E-state index in [1.807, 2.05) is 27.7 Å². The Kier molecular flexibility index (Phi) is 6.20. The minimum absolute atomic E-state index is 0.0527. The van der Waals surface area contributed by atoms with E-state index in [0.717, 1.165) is 19.6 Å². The molecule has 3 N–H and O–H groups in total. The van der Waals surface area contributed by atoms with Gasteiger partial charge in [0.15, 0.2) is 0 Å². The van der Waals surface area contributed by atoms with Crippen molar-refractivity contribution in [3.8, 4) is 0 Å². The van der Waals surface area contributed by atoms with Crippen LogP contribution in [0, 0.1) is 5.41 Å². The van der Waals surface area contributed by atoms with E-state index in [4.69, 9.17) is 10.5 Å². The van der Waals surface area contributed by atoms with Crippen LogP contribution in [0.2, 0.25) is 0 Å². The number of nitrogens with one attached hydrogen (secondary N) is 1. The van der Waals surface area contributed by atoms with Crippen LogP contribution >= 0.6 is 0 Å². The lowest BCUT2D eigenvalue weighted by Gasteiger charge is -2.57. The number of hydrogen-bond donors (Lipinski definition) is 2. The van der Waals surface area contributed by atoms with Gasteiger partial charge >= 0.3 is 0 Å². The number of nitrogens with two attached hydrogens (primary N) is 1. The molecule has 0 saturated heterocycles. The van der Waals surface area contributed by atoms with Crippen molar-refractivity contribution >= 4 is 5.91 Å². The zero-order chi connectivity index (χ0) is 16.3. The predicted octanol–water partition coefficient (Wildman–Crippen LogP) is 1.37. The lowest BCUT2D eigenvalue weighted by atomic mass is 9.54. The van der Waals surface area contributed by atoms with Crippen molar-refractivity contribution < 1.29 is 9.53 Å². The van der Waals surface area contributed by atoms with Gasteiger partial charge in [-0.05, 0) is 26.9 Å². The van der Waals surface area contributed by atoms with E-state index in [9.17, 15) is 4.79 Å². The summed E-state index contributed by atoms with van der Waals surface area (Å²) in [5.41, 5.74) is 5.22. The summed E-state index contributed by atoms with van der Waals surface area (Å²) in [6, 6.07) is 0.0970. The number of hydrogen-bond acceptors (Lipinski definition) is 4. The SMILES string of the molecule is CCOC1CC(N)(C(=O)NC(C)CN(CC)CC)C1(C)C. The van der Waals surface area contributed by atoms with Crippen molar-refractivity contribution in [3.05, 3.63) is 0 Å². The van der Waals surface area contributed by atoms with Crippen molar-refractivity contribution in [2.45, 2.75) is 65.6 Å². The van der Waals surface area contributed by atoms with Gasteiger partial charge in [0, 0.05) is 31.0 Å². The summed E-state index contributed by atoms with van der Waals surface area (Å²) in [7, 11) is 0. The zero-order valence-electron chi connectivity index (χ0n) is 14.5. The van der Waals surface area contributed by atoms with Gasteiger partial charge in [0.25, 0.3) is 0 Å². The standard InChI is InChI=1S/C16H33N3O2/c1-7-19(8-2)11-12(4)18-14(20)16(17)10-13(21-9-3)15(16,5)6/h12-13H,7-11,17H2,1-6H3,(H,18,20). The molecular weight excluding hydrogens is 266 g/mol. The number of nitrogens with zero attached hydrogens (tertiary/aromatic N) is 1. The highest BCUT2D eigenvalue weighted by Gasteiger charge is 2.62. The van der Waals surface area contributed by atoms with E-state index in [0.29, 0.717) is 13.0 Å². The smallest absolute Gasteiger partial charge is 0.241 e. The average molecular weight is 299 g/mol. The fraction of sp³-hybridized carbons (Fsp3) is 0.938. The number of rotatable bonds is 8. The summed E-state index contributed by atoms with van der Waals surface area (Å²) >= 11 is 0. The highest BCUT2D eigenvalue weighted by Crippen LogP contribution is 2.49. The minimum atomic E-state index is -0.829. The van der Waals surface area contributed by atoms with Gasteiger partial charge in [-0.1, -0.05) is 27.7 Å². The highest BCUT2D eigenvalue weighted by atomic mass is 16.5. The molecule has 21 heavy (non-hydrogen) atoms. The quantitative estimate of drug-likeness (QED) is 0.710. The maximum atomic E-state index is 12.6. The molecule has 0 radical (unpaired) electrons. The van der Waals surface area contributed by atoms with Crippen molar-refractivity contribution in [2.24, 2.45) is 11.1 Å². The first-order valence-corrected chi connectivity index (χ1v) is 8.16. The van der Waals surface area contributed by atoms with E-state index < -0.39 is 5.54 Å². The number of ether oxygens (including phenoxy) is 1. The molecule has 124 valence electrons. The van der Waals surface area contributed by atoms with Gasteiger partial charge in [0.05, 0.1) is 6.10 Å². The highest BCUT2D eigenvalue weighted by molar-refractivity contribution is 5.89. The van der Waals surface area contributed by atoms with Crippen molar-refractivity contribution in [1.29, 1.82) is 0 Å². The Hall–Kier alpha value is -0.650. The maximum absolute atomic E-state index is 12.6. The predicted molar refractivity (Wildman–Crippen MR) is 86.1 cm³/mol. The number of carbonyl (C=O) groups excluding carboxylic acids is 1. The Labute approximate surface area is 129 Å². The Balaban J connectivity index is 2.59. The Morgan fingerprint density at radius 2 is 1.95 bits per heavy atom. The van der Waals surface area contributed by atoms with Crippen LogP contribution in [0.1, 0.15) is 48.0 Å². The van der Waals surface area contributed by atoms with E-state index in [-0.39, 0.29) is 23.5 Å².